The highest BCUT2D eigenvalue weighted by Gasteiger charge is 2.44. The second-order valence-electron chi connectivity index (χ2n) is 11.8. The van der Waals surface area contributed by atoms with Crippen LogP contribution in [0, 0.1) is 0 Å². The molecule has 12 heteroatoms. The van der Waals surface area contributed by atoms with E-state index in [9.17, 15) is 13.6 Å². The van der Waals surface area contributed by atoms with E-state index in [0.29, 0.717) is 49.2 Å². The Morgan fingerprint density at radius 1 is 1.07 bits per heavy atom. The maximum absolute atomic E-state index is 14.2. The number of rotatable bonds is 8. The fourth-order valence-electron chi connectivity index (χ4n) is 6.57. The van der Waals surface area contributed by atoms with Crippen LogP contribution in [0.5, 0.6) is 5.88 Å². The summed E-state index contributed by atoms with van der Waals surface area (Å²) in [6.45, 7) is 2.25. The van der Waals surface area contributed by atoms with Crippen molar-refractivity contribution in [1.82, 2.24) is 29.7 Å². The van der Waals surface area contributed by atoms with Gasteiger partial charge in [0.2, 0.25) is 17.7 Å². The summed E-state index contributed by atoms with van der Waals surface area (Å²) in [7, 11) is 3.99. The molecular weight excluding hydrogens is 544 g/mol. The van der Waals surface area contributed by atoms with Crippen molar-refractivity contribution in [1.29, 1.82) is 0 Å². The van der Waals surface area contributed by atoms with Gasteiger partial charge in [-0.3, -0.25) is 14.3 Å². The van der Waals surface area contributed by atoms with Crippen LogP contribution < -0.4 is 15.0 Å². The number of hydrogen-bond donors (Lipinski definition) is 1. The standard InChI is InChI=1S/C30H39F2N7O3/c1-37(2)30(13-5-6-14-30)28(40)33-20-9-11-21(12-10-20)42-25-19-24(35-29(36-25)38-15-17-41-18-16-38)39-23-8-4-3-7-22(23)34-27(39)26(31)32/h3-4,7-8,19-21,26H,5-6,9-18H2,1-2H3,(H,33,40)/t20-,21-. The molecule has 3 aliphatic rings. The number of anilines is 1. The van der Waals surface area contributed by atoms with E-state index in [0.717, 1.165) is 51.4 Å². The van der Waals surface area contributed by atoms with Crippen LogP contribution in [-0.4, -0.2) is 88.4 Å². The minimum absolute atomic E-state index is 0.102. The van der Waals surface area contributed by atoms with E-state index >= 15 is 0 Å². The molecule has 226 valence electrons. The number of morpholine rings is 1. The van der Waals surface area contributed by atoms with Crippen LogP contribution in [0.25, 0.3) is 16.9 Å². The van der Waals surface area contributed by atoms with E-state index < -0.39 is 12.0 Å². The lowest BCUT2D eigenvalue weighted by Crippen LogP contribution is -2.57. The minimum Gasteiger partial charge on any atom is -0.474 e. The van der Waals surface area contributed by atoms with Crippen molar-refractivity contribution < 1.29 is 23.0 Å². The summed E-state index contributed by atoms with van der Waals surface area (Å²) in [5, 5.41) is 3.32. The van der Waals surface area contributed by atoms with E-state index in [1.54, 1.807) is 30.3 Å². The lowest BCUT2D eigenvalue weighted by molar-refractivity contribution is -0.133. The number of likely N-dealkylation sites (N-methyl/N-ethyl adjacent to an activating group) is 1. The fraction of sp³-hybridized carbons (Fsp3) is 0.600. The molecule has 0 atom stereocenters. The Balaban J connectivity index is 1.22. The number of hydrogen-bond acceptors (Lipinski definition) is 8. The summed E-state index contributed by atoms with van der Waals surface area (Å²) in [5.74, 6) is 0.798. The Morgan fingerprint density at radius 2 is 1.79 bits per heavy atom. The SMILES string of the molecule is CN(C)C1(C(=O)N[C@H]2CC[C@H](Oc3cc(-n4c(C(F)F)nc5ccccc54)nc(N4CCOCC4)n3)CC2)CCCC1. The molecule has 0 radical (unpaired) electrons. The zero-order valence-electron chi connectivity index (χ0n) is 24.3. The quantitative estimate of drug-likeness (QED) is 0.420. The van der Waals surface area contributed by atoms with Gasteiger partial charge in [0.15, 0.2) is 5.82 Å². The van der Waals surface area contributed by atoms with Gasteiger partial charge in [-0.1, -0.05) is 25.0 Å². The molecule has 6 rings (SSSR count). The van der Waals surface area contributed by atoms with E-state index in [1.807, 2.05) is 19.0 Å². The minimum atomic E-state index is -2.79. The summed E-state index contributed by atoms with van der Waals surface area (Å²) in [6, 6.07) is 8.76. The van der Waals surface area contributed by atoms with Gasteiger partial charge in [0.05, 0.1) is 29.8 Å². The van der Waals surface area contributed by atoms with Gasteiger partial charge in [0, 0.05) is 25.2 Å². The summed E-state index contributed by atoms with van der Waals surface area (Å²) in [6.07, 6.45) is 4.15. The van der Waals surface area contributed by atoms with Crippen LogP contribution in [0.15, 0.2) is 30.3 Å². The van der Waals surface area contributed by atoms with Gasteiger partial charge in [-0.05, 0) is 64.8 Å². The summed E-state index contributed by atoms with van der Waals surface area (Å²) < 4.78 is 41.6. The van der Waals surface area contributed by atoms with Gasteiger partial charge in [-0.2, -0.15) is 9.97 Å². The molecule has 2 saturated carbocycles. The van der Waals surface area contributed by atoms with Crippen molar-refractivity contribution in [2.75, 3.05) is 45.3 Å². The molecule has 1 aromatic carbocycles. The van der Waals surface area contributed by atoms with E-state index in [1.165, 1.54) is 4.57 Å². The van der Waals surface area contributed by atoms with Gasteiger partial charge in [-0.25, -0.2) is 13.8 Å². The molecule has 3 heterocycles. The third-order valence-electron chi connectivity index (χ3n) is 8.99. The molecule has 0 bridgehead atoms. The van der Waals surface area contributed by atoms with Crippen LogP contribution in [0.1, 0.15) is 63.6 Å². The lowest BCUT2D eigenvalue weighted by Gasteiger charge is -2.37. The van der Waals surface area contributed by atoms with E-state index in [-0.39, 0.29) is 29.7 Å². The van der Waals surface area contributed by atoms with E-state index in [2.05, 4.69) is 15.2 Å². The predicted molar refractivity (Wildman–Crippen MR) is 154 cm³/mol. The molecule has 1 amide bonds. The topological polar surface area (TPSA) is 97.6 Å². The summed E-state index contributed by atoms with van der Waals surface area (Å²) in [5.41, 5.74) is 0.602. The van der Waals surface area contributed by atoms with Crippen molar-refractivity contribution in [3.63, 3.8) is 0 Å². The van der Waals surface area contributed by atoms with Crippen molar-refractivity contribution in [3.8, 4) is 11.7 Å². The van der Waals surface area contributed by atoms with Crippen molar-refractivity contribution in [2.45, 2.75) is 75.5 Å². The molecule has 1 saturated heterocycles. The highest BCUT2D eigenvalue weighted by atomic mass is 19.3. The van der Waals surface area contributed by atoms with Gasteiger partial charge in [0.25, 0.3) is 6.43 Å². The first-order valence-electron chi connectivity index (χ1n) is 15.0. The molecule has 2 aromatic heterocycles. The normalized spacial score (nSPS) is 22.7. The van der Waals surface area contributed by atoms with Gasteiger partial charge in [-0.15, -0.1) is 0 Å². The number of imidazole rings is 1. The number of benzene rings is 1. The lowest BCUT2D eigenvalue weighted by atomic mass is 9.90. The van der Waals surface area contributed by atoms with Gasteiger partial charge >= 0.3 is 0 Å². The molecule has 1 aliphatic heterocycles. The zero-order chi connectivity index (χ0) is 29.3. The third kappa shape index (κ3) is 5.66. The molecular formula is C30H39F2N7O3. The molecule has 2 aliphatic carbocycles. The number of nitrogens with zero attached hydrogens (tertiary/aromatic N) is 6. The summed E-state index contributed by atoms with van der Waals surface area (Å²) in [4.78, 5) is 30.9. The molecule has 10 nitrogen and oxygen atoms in total. The van der Waals surface area contributed by atoms with Crippen LogP contribution in [0.2, 0.25) is 0 Å². The van der Waals surface area contributed by atoms with Crippen LogP contribution in [0.4, 0.5) is 14.7 Å². The van der Waals surface area contributed by atoms with Crippen LogP contribution >= 0.6 is 0 Å². The molecule has 3 aromatic rings. The third-order valence-corrected chi connectivity index (χ3v) is 8.99. The van der Waals surface area contributed by atoms with Crippen molar-refractivity contribution in [3.05, 3.63) is 36.2 Å². The number of ether oxygens (including phenoxy) is 2. The monoisotopic (exact) mass is 583 g/mol. The van der Waals surface area contributed by atoms with Gasteiger partial charge in [0.1, 0.15) is 11.9 Å². The van der Waals surface area contributed by atoms with Crippen LogP contribution in [-0.2, 0) is 9.53 Å². The summed E-state index contributed by atoms with van der Waals surface area (Å²) >= 11 is 0. The maximum atomic E-state index is 14.2. The number of amides is 1. The number of carbonyl (C=O) groups is 1. The number of para-hydroxylation sites is 2. The van der Waals surface area contributed by atoms with Crippen LogP contribution in [0.3, 0.4) is 0 Å². The second-order valence-corrected chi connectivity index (χ2v) is 11.8. The highest BCUT2D eigenvalue weighted by molar-refractivity contribution is 5.87. The average molecular weight is 584 g/mol. The Labute approximate surface area is 244 Å². The molecule has 0 spiro atoms. The first-order chi connectivity index (χ1) is 20.3. The highest BCUT2D eigenvalue weighted by Crippen LogP contribution is 2.35. The molecule has 1 N–H and O–H groups in total. The van der Waals surface area contributed by atoms with Crippen molar-refractivity contribution in [2.24, 2.45) is 0 Å². The smallest absolute Gasteiger partial charge is 0.296 e. The number of carbonyl (C=O) groups excluding carboxylic acids is 1. The Kier molecular flexibility index (Phi) is 8.26. The number of alkyl halides is 2. The van der Waals surface area contributed by atoms with E-state index in [4.69, 9.17) is 19.4 Å². The number of nitrogens with one attached hydrogen (secondary N) is 1. The largest absolute Gasteiger partial charge is 0.474 e. The number of fused-ring (bicyclic) bond motifs is 1. The molecule has 42 heavy (non-hydrogen) atoms. The molecule has 3 fully saturated rings. The maximum Gasteiger partial charge on any atom is 0.296 e. The Morgan fingerprint density at radius 3 is 2.48 bits per heavy atom. The molecule has 0 unspecified atom stereocenters. The van der Waals surface area contributed by atoms with Gasteiger partial charge < -0.3 is 19.7 Å². The Bertz CT molecular complexity index is 1390. The predicted octanol–water partition coefficient (Wildman–Crippen LogP) is 4.27. The zero-order valence-corrected chi connectivity index (χ0v) is 24.3. The average Bonchev–Trinajstić information content (AvgIpc) is 3.65. The second kappa shape index (κ2) is 12.1. The Hall–Kier alpha value is -3.38. The first kappa shape index (κ1) is 28.7. The van der Waals surface area contributed by atoms with Crippen molar-refractivity contribution >= 4 is 22.9 Å². The first-order valence-corrected chi connectivity index (χ1v) is 15.0. The number of halogens is 2. The fourth-order valence-corrected chi connectivity index (χ4v) is 6.57. The number of aromatic nitrogens is 4.